The summed E-state index contributed by atoms with van der Waals surface area (Å²) in [5.41, 5.74) is -0.0199. The first-order valence-corrected chi connectivity index (χ1v) is 11.4. The number of imide groups is 1. The van der Waals surface area contributed by atoms with Crippen molar-refractivity contribution < 1.29 is 27.6 Å². The van der Waals surface area contributed by atoms with Crippen molar-refractivity contribution in [2.75, 3.05) is 18.4 Å². The minimum Gasteiger partial charge on any atom is -0.398 e. The minimum atomic E-state index is -4.28. The number of thiophene rings is 1. The lowest BCUT2D eigenvalue weighted by Crippen LogP contribution is -2.68. The molecular formula is C15H16N6O6S3. The molecule has 0 unspecified atom stereocenters. The molecule has 1 aliphatic rings. The lowest BCUT2D eigenvalue weighted by atomic mass is 10.1. The Morgan fingerprint density at radius 2 is 2.17 bits per heavy atom. The van der Waals surface area contributed by atoms with Gasteiger partial charge < -0.3 is 10.2 Å². The second kappa shape index (κ2) is 8.76. The van der Waals surface area contributed by atoms with E-state index in [2.05, 4.69) is 24.4 Å². The van der Waals surface area contributed by atoms with Crippen LogP contribution in [0.1, 0.15) is 9.75 Å². The summed E-state index contributed by atoms with van der Waals surface area (Å²) in [6, 6.07) is 2.73. The molecule has 2 aromatic rings. The van der Waals surface area contributed by atoms with Crippen LogP contribution in [0.4, 0.5) is 10.6 Å². The Bertz CT molecular complexity index is 1090. The lowest BCUT2D eigenvalue weighted by Gasteiger charge is -2.36. The van der Waals surface area contributed by atoms with E-state index in [-0.39, 0.29) is 18.1 Å². The van der Waals surface area contributed by atoms with Crippen LogP contribution in [-0.4, -0.2) is 60.9 Å². The van der Waals surface area contributed by atoms with Crippen LogP contribution in [0.15, 0.2) is 28.7 Å². The Morgan fingerprint density at radius 1 is 1.40 bits per heavy atom. The standard InChI is InChI=1S/C15H16N6O6S3/c1-8-6-11(18-29-8)19-30(25,26)20-15(24)21-7-9(14(21)23)16-13(22)12(17-27-2)10-4-3-5-28-10/h3-6,9H,7H2,1-2H3,(H,16,22)(H,18,19)(H,20,24)/b17-12+/t9-/m0/s1. The van der Waals surface area contributed by atoms with Crippen molar-refractivity contribution in [3.63, 3.8) is 0 Å². The zero-order valence-electron chi connectivity index (χ0n) is 15.6. The molecule has 160 valence electrons. The van der Waals surface area contributed by atoms with E-state index in [0.29, 0.717) is 9.78 Å². The van der Waals surface area contributed by atoms with Gasteiger partial charge in [0.05, 0.1) is 11.4 Å². The number of carbonyl (C=O) groups excluding carboxylic acids is 3. The molecule has 30 heavy (non-hydrogen) atoms. The number of rotatable bonds is 7. The summed E-state index contributed by atoms with van der Waals surface area (Å²) in [5.74, 6) is -1.37. The van der Waals surface area contributed by atoms with Gasteiger partial charge in [-0.25, -0.2) is 14.2 Å². The molecule has 0 spiro atoms. The van der Waals surface area contributed by atoms with Crippen molar-refractivity contribution >= 4 is 62.5 Å². The maximum atomic E-state index is 12.4. The Hall–Kier alpha value is -3.04. The van der Waals surface area contributed by atoms with Crippen LogP contribution in [0.25, 0.3) is 0 Å². The van der Waals surface area contributed by atoms with Crippen molar-refractivity contribution in [2.24, 2.45) is 5.16 Å². The van der Waals surface area contributed by atoms with Gasteiger partial charge in [0, 0.05) is 4.88 Å². The van der Waals surface area contributed by atoms with Gasteiger partial charge in [-0.05, 0) is 36.0 Å². The molecule has 0 bridgehead atoms. The zero-order valence-corrected chi connectivity index (χ0v) is 18.1. The summed E-state index contributed by atoms with van der Waals surface area (Å²) < 4.78 is 31.7. The molecule has 1 saturated heterocycles. The molecule has 2 aromatic heterocycles. The molecule has 15 heteroatoms. The first kappa shape index (κ1) is 21.7. The molecule has 3 heterocycles. The molecule has 0 aliphatic carbocycles. The van der Waals surface area contributed by atoms with E-state index >= 15 is 0 Å². The molecule has 4 amide bonds. The minimum absolute atomic E-state index is 0.0199. The summed E-state index contributed by atoms with van der Waals surface area (Å²) in [6.45, 7) is 1.54. The maximum absolute atomic E-state index is 12.4. The number of hydrogen-bond donors (Lipinski definition) is 3. The maximum Gasteiger partial charge on any atom is 0.339 e. The lowest BCUT2D eigenvalue weighted by molar-refractivity contribution is -0.141. The number of anilines is 1. The van der Waals surface area contributed by atoms with Gasteiger partial charge in [-0.15, -0.1) is 11.3 Å². The molecule has 3 rings (SSSR count). The first-order chi connectivity index (χ1) is 14.2. The third kappa shape index (κ3) is 4.92. The predicted molar refractivity (Wildman–Crippen MR) is 109 cm³/mol. The molecule has 12 nitrogen and oxygen atoms in total. The van der Waals surface area contributed by atoms with E-state index in [9.17, 15) is 22.8 Å². The quantitative estimate of drug-likeness (QED) is 0.296. The van der Waals surface area contributed by atoms with E-state index in [1.54, 1.807) is 29.2 Å². The molecule has 3 N–H and O–H groups in total. The Balaban J connectivity index is 1.56. The van der Waals surface area contributed by atoms with E-state index in [1.807, 2.05) is 0 Å². The van der Waals surface area contributed by atoms with Crippen LogP contribution in [0.3, 0.4) is 0 Å². The topological polar surface area (TPSA) is 159 Å². The molecule has 1 atom stereocenters. The number of amides is 4. The monoisotopic (exact) mass is 472 g/mol. The van der Waals surface area contributed by atoms with Gasteiger partial charge in [0.15, 0.2) is 11.5 Å². The SMILES string of the molecule is CO/N=C(/C(=O)N[C@H]1CN(C(=O)NS(=O)(=O)Nc2cc(C)sn2)C1=O)c1cccs1. The summed E-state index contributed by atoms with van der Waals surface area (Å²) in [5, 5.41) is 7.85. The number of urea groups is 1. The van der Waals surface area contributed by atoms with Crippen molar-refractivity contribution in [1.29, 1.82) is 0 Å². The highest BCUT2D eigenvalue weighted by atomic mass is 32.2. The highest BCUT2D eigenvalue weighted by Gasteiger charge is 2.43. The van der Waals surface area contributed by atoms with Crippen molar-refractivity contribution in [3.8, 4) is 0 Å². The molecular weight excluding hydrogens is 456 g/mol. The molecule has 0 aromatic carbocycles. The van der Waals surface area contributed by atoms with Gasteiger partial charge in [-0.3, -0.25) is 14.5 Å². The van der Waals surface area contributed by atoms with Crippen molar-refractivity contribution in [2.45, 2.75) is 13.0 Å². The first-order valence-electron chi connectivity index (χ1n) is 8.25. The normalized spacial score (nSPS) is 16.6. The predicted octanol–water partition coefficient (Wildman–Crippen LogP) is 0.257. The van der Waals surface area contributed by atoms with Crippen LogP contribution in [-0.2, 0) is 24.6 Å². The Kier molecular flexibility index (Phi) is 6.33. The fraction of sp³-hybridized carbons (Fsp3) is 0.267. The number of likely N-dealkylation sites (tertiary alicyclic amines) is 1. The number of aromatic nitrogens is 1. The second-order valence-electron chi connectivity index (χ2n) is 5.91. The van der Waals surface area contributed by atoms with Crippen LogP contribution < -0.4 is 14.8 Å². The number of nitrogens with zero attached hydrogens (tertiary/aromatic N) is 3. The van der Waals surface area contributed by atoms with Crippen molar-refractivity contribution in [3.05, 3.63) is 33.3 Å². The second-order valence-corrected chi connectivity index (χ2v) is 9.28. The number of aryl methyl sites for hydroxylation is 1. The van der Waals surface area contributed by atoms with E-state index in [4.69, 9.17) is 0 Å². The number of hydrogen-bond acceptors (Lipinski definition) is 10. The molecule has 1 fully saturated rings. The smallest absolute Gasteiger partial charge is 0.339 e. The van der Waals surface area contributed by atoms with Crippen LogP contribution >= 0.6 is 22.9 Å². The summed E-state index contributed by atoms with van der Waals surface area (Å²) in [4.78, 5) is 43.3. The average Bonchev–Trinajstić information content (AvgIpc) is 3.33. The number of oxime groups is 1. The van der Waals surface area contributed by atoms with Gasteiger partial charge >= 0.3 is 16.2 Å². The van der Waals surface area contributed by atoms with Gasteiger partial charge in [0.1, 0.15) is 13.2 Å². The van der Waals surface area contributed by atoms with Crippen LogP contribution in [0, 0.1) is 6.92 Å². The number of nitrogens with one attached hydrogen (secondary N) is 3. The van der Waals surface area contributed by atoms with Crippen molar-refractivity contribution in [1.82, 2.24) is 19.3 Å². The van der Waals surface area contributed by atoms with E-state index < -0.39 is 34.1 Å². The fourth-order valence-electron chi connectivity index (χ4n) is 2.39. The third-order valence-corrected chi connectivity index (χ3v) is 6.21. The number of carbonyl (C=O) groups is 3. The molecule has 0 radical (unpaired) electrons. The molecule has 1 aliphatic heterocycles. The van der Waals surface area contributed by atoms with Crippen LogP contribution in [0.2, 0.25) is 0 Å². The summed E-state index contributed by atoms with van der Waals surface area (Å²) in [6.07, 6.45) is 0. The van der Waals surface area contributed by atoms with Gasteiger partial charge in [0.2, 0.25) is 0 Å². The van der Waals surface area contributed by atoms with Gasteiger partial charge in [-0.1, -0.05) is 11.2 Å². The third-order valence-electron chi connectivity index (χ3n) is 3.72. The Morgan fingerprint density at radius 3 is 2.73 bits per heavy atom. The fourth-order valence-corrected chi connectivity index (χ4v) is 4.43. The summed E-state index contributed by atoms with van der Waals surface area (Å²) in [7, 11) is -3.00. The van der Waals surface area contributed by atoms with Gasteiger partial charge in [-0.2, -0.15) is 12.8 Å². The zero-order chi connectivity index (χ0) is 21.9. The van der Waals surface area contributed by atoms with Gasteiger partial charge in [0.25, 0.3) is 11.8 Å². The van der Waals surface area contributed by atoms with Crippen LogP contribution in [0.5, 0.6) is 0 Å². The highest BCUT2D eigenvalue weighted by molar-refractivity contribution is 7.91. The Labute approximate surface area is 179 Å². The highest BCUT2D eigenvalue weighted by Crippen LogP contribution is 2.16. The number of β-lactam (4-membered cyclic amide) rings is 1. The van der Waals surface area contributed by atoms with E-state index in [0.717, 1.165) is 16.4 Å². The summed E-state index contributed by atoms with van der Waals surface area (Å²) >= 11 is 2.34. The molecule has 0 saturated carbocycles. The van der Waals surface area contributed by atoms with E-state index in [1.165, 1.54) is 24.5 Å². The average molecular weight is 473 g/mol. The largest absolute Gasteiger partial charge is 0.398 e.